The summed E-state index contributed by atoms with van der Waals surface area (Å²) in [4.78, 5) is 25.0. The van der Waals surface area contributed by atoms with Crippen LogP contribution in [0.5, 0.6) is 5.75 Å². The van der Waals surface area contributed by atoms with Gasteiger partial charge in [-0.25, -0.2) is 0 Å². The number of amides is 1. The SMILES string of the molecule is O=C(NCc1ccc(C=Cc2ccccc2)cc1)c1occc(=O)c1OCc1ccccc1. The molecule has 0 spiro atoms. The van der Waals surface area contributed by atoms with Gasteiger partial charge in [0.1, 0.15) is 6.61 Å². The topological polar surface area (TPSA) is 68.5 Å². The summed E-state index contributed by atoms with van der Waals surface area (Å²) in [6, 6.07) is 28.6. The number of carbonyl (C=O) groups excluding carboxylic acids is 1. The van der Waals surface area contributed by atoms with Crippen molar-refractivity contribution in [2.75, 3.05) is 0 Å². The Balaban J connectivity index is 1.38. The molecule has 3 aromatic carbocycles. The van der Waals surface area contributed by atoms with Crippen molar-refractivity contribution in [1.82, 2.24) is 5.32 Å². The Morgan fingerprint density at radius 2 is 1.42 bits per heavy atom. The molecule has 1 amide bonds. The zero-order valence-corrected chi connectivity index (χ0v) is 17.9. The van der Waals surface area contributed by atoms with Gasteiger partial charge in [0, 0.05) is 12.6 Å². The largest absolute Gasteiger partial charge is 0.481 e. The Morgan fingerprint density at radius 3 is 2.12 bits per heavy atom. The van der Waals surface area contributed by atoms with Crippen LogP contribution >= 0.6 is 0 Å². The molecule has 0 saturated carbocycles. The normalized spacial score (nSPS) is 10.8. The van der Waals surface area contributed by atoms with Crippen molar-refractivity contribution in [3.8, 4) is 5.75 Å². The van der Waals surface area contributed by atoms with Crippen LogP contribution in [0.15, 0.2) is 106 Å². The van der Waals surface area contributed by atoms with Gasteiger partial charge in [-0.15, -0.1) is 0 Å². The second-order valence-corrected chi connectivity index (χ2v) is 7.39. The van der Waals surface area contributed by atoms with Gasteiger partial charge in [-0.1, -0.05) is 97.1 Å². The zero-order valence-electron chi connectivity index (χ0n) is 17.9. The number of hydrogen-bond acceptors (Lipinski definition) is 4. The molecule has 5 nitrogen and oxygen atoms in total. The molecule has 0 unspecified atom stereocenters. The first-order chi connectivity index (χ1) is 16.2. The molecule has 0 bridgehead atoms. The minimum atomic E-state index is -0.510. The van der Waals surface area contributed by atoms with E-state index in [1.165, 1.54) is 12.3 Å². The molecule has 164 valence electrons. The Bertz CT molecular complexity index is 1280. The van der Waals surface area contributed by atoms with E-state index in [-0.39, 0.29) is 24.7 Å². The fourth-order valence-electron chi connectivity index (χ4n) is 3.19. The maximum atomic E-state index is 12.7. The van der Waals surface area contributed by atoms with Crippen molar-refractivity contribution in [1.29, 1.82) is 0 Å². The van der Waals surface area contributed by atoms with Gasteiger partial charge in [-0.3, -0.25) is 9.59 Å². The maximum Gasteiger partial charge on any atom is 0.291 e. The minimum absolute atomic E-state index is 0.0970. The van der Waals surface area contributed by atoms with Crippen LogP contribution in [0.1, 0.15) is 32.8 Å². The molecule has 5 heteroatoms. The van der Waals surface area contributed by atoms with Crippen LogP contribution in [-0.2, 0) is 13.2 Å². The number of rotatable bonds is 8. The third-order valence-corrected chi connectivity index (χ3v) is 4.97. The summed E-state index contributed by atoms with van der Waals surface area (Å²) in [7, 11) is 0. The Kier molecular flexibility index (Phi) is 7.13. The lowest BCUT2D eigenvalue weighted by Crippen LogP contribution is -2.25. The molecule has 4 rings (SSSR count). The molecule has 1 N–H and O–H groups in total. The lowest BCUT2D eigenvalue weighted by Gasteiger charge is -2.10. The van der Waals surface area contributed by atoms with Gasteiger partial charge in [0.05, 0.1) is 6.26 Å². The smallest absolute Gasteiger partial charge is 0.291 e. The van der Waals surface area contributed by atoms with Gasteiger partial charge < -0.3 is 14.5 Å². The van der Waals surface area contributed by atoms with Crippen LogP contribution in [0.25, 0.3) is 12.2 Å². The van der Waals surface area contributed by atoms with Crippen LogP contribution in [0.3, 0.4) is 0 Å². The lowest BCUT2D eigenvalue weighted by atomic mass is 10.1. The van der Waals surface area contributed by atoms with E-state index in [0.29, 0.717) is 0 Å². The van der Waals surface area contributed by atoms with E-state index in [4.69, 9.17) is 9.15 Å². The first-order valence-electron chi connectivity index (χ1n) is 10.6. The molecule has 0 aliphatic heterocycles. The van der Waals surface area contributed by atoms with Gasteiger partial charge in [0.2, 0.25) is 16.9 Å². The predicted molar refractivity (Wildman–Crippen MR) is 129 cm³/mol. The standard InChI is InChI=1S/C28H23NO4/c30-25-17-18-32-27(26(25)33-20-24-9-5-2-6-10-24)28(31)29-19-23-15-13-22(14-16-23)12-11-21-7-3-1-4-8-21/h1-18H,19-20H2,(H,29,31). The summed E-state index contributed by atoms with van der Waals surface area (Å²) >= 11 is 0. The van der Waals surface area contributed by atoms with Gasteiger partial charge in [0.25, 0.3) is 5.91 Å². The summed E-state index contributed by atoms with van der Waals surface area (Å²) in [5.41, 5.74) is 3.58. The van der Waals surface area contributed by atoms with E-state index in [0.717, 1.165) is 22.3 Å². The summed E-state index contributed by atoms with van der Waals surface area (Å²) < 4.78 is 11.0. The Labute approximate surface area is 192 Å². The average molecular weight is 437 g/mol. The van der Waals surface area contributed by atoms with Crippen LogP contribution in [0.4, 0.5) is 0 Å². The van der Waals surface area contributed by atoms with Crippen LogP contribution in [0.2, 0.25) is 0 Å². The third-order valence-electron chi connectivity index (χ3n) is 4.97. The van der Waals surface area contributed by atoms with E-state index >= 15 is 0 Å². The van der Waals surface area contributed by atoms with Crippen molar-refractivity contribution < 1.29 is 13.9 Å². The van der Waals surface area contributed by atoms with Crippen LogP contribution in [-0.4, -0.2) is 5.91 Å². The van der Waals surface area contributed by atoms with Crippen LogP contribution in [0, 0.1) is 0 Å². The summed E-state index contributed by atoms with van der Waals surface area (Å²) in [6.45, 7) is 0.450. The Morgan fingerprint density at radius 1 is 0.788 bits per heavy atom. The fourth-order valence-corrected chi connectivity index (χ4v) is 3.19. The van der Waals surface area contributed by atoms with Crippen LogP contribution < -0.4 is 15.5 Å². The second-order valence-electron chi connectivity index (χ2n) is 7.39. The monoisotopic (exact) mass is 437 g/mol. The maximum absolute atomic E-state index is 12.7. The van der Waals surface area contributed by atoms with E-state index in [1.54, 1.807) is 0 Å². The summed E-state index contributed by atoms with van der Waals surface area (Å²) in [5.74, 6) is -0.745. The highest BCUT2D eigenvalue weighted by Gasteiger charge is 2.19. The van der Waals surface area contributed by atoms with Gasteiger partial charge in [0.15, 0.2) is 0 Å². The van der Waals surface area contributed by atoms with Crippen molar-refractivity contribution >= 4 is 18.1 Å². The second kappa shape index (κ2) is 10.8. The first-order valence-corrected chi connectivity index (χ1v) is 10.6. The van der Waals surface area contributed by atoms with Gasteiger partial charge in [-0.2, -0.15) is 0 Å². The number of nitrogens with one attached hydrogen (secondary N) is 1. The number of benzene rings is 3. The van der Waals surface area contributed by atoms with Crippen molar-refractivity contribution in [2.24, 2.45) is 0 Å². The molecule has 4 aromatic rings. The molecule has 0 aliphatic rings. The number of hydrogen-bond donors (Lipinski definition) is 1. The molecular weight excluding hydrogens is 414 g/mol. The van der Waals surface area contributed by atoms with Gasteiger partial charge >= 0.3 is 0 Å². The van der Waals surface area contributed by atoms with E-state index in [2.05, 4.69) is 5.32 Å². The van der Waals surface area contributed by atoms with Gasteiger partial charge in [-0.05, 0) is 22.3 Å². The number of ether oxygens (including phenoxy) is 1. The predicted octanol–water partition coefficient (Wildman–Crippen LogP) is 5.32. The summed E-state index contributed by atoms with van der Waals surface area (Å²) in [5, 5.41) is 2.79. The average Bonchev–Trinajstić information content (AvgIpc) is 2.87. The molecule has 0 fully saturated rings. The van der Waals surface area contributed by atoms with Crippen molar-refractivity contribution in [2.45, 2.75) is 13.2 Å². The molecule has 1 heterocycles. The van der Waals surface area contributed by atoms with E-state index < -0.39 is 11.3 Å². The number of carbonyl (C=O) groups is 1. The molecule has 1 aromatic heterocycles. The Hall–Kier alpha value is -4.38. The quantitative estimate of drug-likeness (QED) is 0.379. The van der Waals surface area contributed by atoms with Crippen molar-refractivity contribution in [3.63, 3.8) is 0 Å². The fraction of sp³-hybridized carbons (Fsp3) is 0.0714. The molecule has 0 radical (unpaired) electrons. The van der Waals surface area contributed by atoms with E-state index in [1.807, 2.05) is 97.1 Å². The third kappa shape index (κ3) is 6.08. The molecular formula is C28H23NO4. The molecule has 0 aliphatic carbocycles. The minimum Gasteiger partial charge on any atom is -0.481 e. The highest BCUT2D eigenvalue weighted by molar-refractivity contribution is 5.93. The molecule has 0 saturated heterocycles. The van der Waals surface area contributed by atoms with E-state index in [9.17, 15) is 9.59 Å². The molecule has 0 atom stereocenters. The lowest BCUT2D eigenvalue weighted by molar-refractivity contribution is 0.0912. The first kappa shape index (κ1) is 21.8. The zero-order chi connectivity index (χ0) is 22.9. The molecule has 33 heavy (non-hydrogen) atoms. The van der Waals surface area contributed by atoms with Crippen molar-refractivity contribution in [3.05, 3.63) is 135 Å². The highest BCUT2D eigenvalue weighted by Crippen LogP contribution is 2.16. The summed E-state index contributed by atoms with van der Waals surface area (Å²) in [6.07, 6.45) is 5.28. The highest BCUT2D eigenvalue weighted by atomic mass is 16.5.